The molecule has 0 heterocycles. The fraction of sp³-hybridized carbons (Fsp3) is 0.846. The van der Waals surface area contributed by atoms with Gasteiger partial charge in [-0.15, -0.1) is 6.58 Å². The van der Waals surface area contributed by atoms with Crippen LogP contribution in [0.25, 0.3) is 0 Å². The Labute approximate surface area is 92.5 Å². The van der Waals surface area contributed by atoms with Crippen molar-refractivity contribution in [2.45, 2.75) is 38.1 Å². The Morgan fingerprint density at radius 3 is 2.07 bits per heavy atom. The zero-order chi connectivity index (χ0) is 10.4. The van der Waals surface area contributed by atoms with E-state index in [2.05, 4.69) is 11.6 Å². The number of hydrogen-bond donors (Lipinski definition) is 1. The number of hydrogen-bond acceptors (Lipinski definition) is 2. The van der Waals surface area contributed by atoms with E-state index in [4.69, 9.17) is 5.84 Å². The minimum Gasteiger partial charge on any atom is -0.268 e. The molecule has 2 nitrogen and oxygen atoms in total. The first-order valence-electron chi connectivity index (χ1n) is 6.40. The maximum Gasteiger partial charge on any atom is 0.0310 e. The van der Waals surface area contributed by atoms with Crippen LogP contribution in [0, 0.1) is 23.7 Å². The summed E-state index contributed by atoms with van der Waals surface area (Å²) in [5.41, 5.74) is 0. The Balaban J connectivity index is 1.76. The molecule has 4 rings (SSSR count). The summed E-state index contributed by atoms with van der Waals surface area (Å²) in [6.45, 7) is 4.65. The summed E-state index contributed by atoms with van der Waals surface area (Å²) in [6.07, 6.45) is 9.24. The Bertz CT molecular complexity index is 233. The van der Waals surface area contributed by atoms with Gasteiger partial charge < -0.3 is 0 Å². The summed E-state index contributed by atoms with van der Waals surface area (Å²) in [7, 11) is 0. The van der Waals surface area contributed by atoms with E-state index >= 15 is 0 Å². The molecule has 0 unspecified atom stereocenters. The standard InChI is InChI=1S/C13H22N2/c1-2-3-15(14)13-11-5-9-4-10(7-11)8-12(13)6-9/h2,9-13H,1,3-8,14H2. The zero-order valence-electron chi connectivity index (χ0n) is 9.44. The van der Waals surface area contributed by atoms with E-state index in [1.807, 2.05) is 6.08 Å². The van der Waals surface area contributed by atoms with Gasteiger partial charge in [0, 0.05) is 12.6 Å². The molecule has 4 saturated carbocycles. The second kappa shape index (κ2) is 3.60. The summed E-state index contributed by atoms with van der Waals surface area (Å²) in [5, 5.41) is 2.07. The third-order valence-electron chi connectivity index (χ3n) is 4.90. The molecule has 15 heavy (non-hydrogen) atoms. The molecule has 0 radical (unpaired) electrons. The Morgan fingerprint density at radius 2 is 1.60 bits per heavy atom. The second-order valence-corrected chi connectivity index (χ2v) is 5.91. The topological polar surface area (TPSA) is 29.3 Å². The molecule has 0 amide bonds. The molecular weight excluding hydrogens is 184 g/mol. The maximum absolute atomic E-state index is 6.17. The molecule has 0 aromatic heterocycles. The average molecular weight is 206 g/mol. The van der Waals surface area contributed by atoms with Crippen molar-refractivity contribution in [3.05, 3.63) is 12.7 Å². The van der Waals surface area contributed by atoms with Crippen LogP contribution in [0.1, 0.15) is 32.1 Å². The van der Waals surface area contributed by atoms with Crippen molar-refractivity contribution in [3.8, 4) is 0 Å². The van der Waals surface area contributed by atoms with Crippen molar-refractivity contribution in [2.75, 3.05) is 6.54 Å². The van der Waals surface area contributed by atoms with Crippen LogP contribution >= 0.6 is 0 Å². The van der Waals surface area contributed by atoms with Gasteiger partial charge in [0.25, 0.3) is 0 Å². The Morgan fingerprint density at radius 1 is 1.07 bits per heavy atom. The van der Waals surface area contributed by atoms with E-state index in [1.165, 1.54) is 32.1 Å². The predicted octanol–water partition coefficient (Wildman–Crippen LogP) is 2.17. The number of nitrogens with zero attached hydrogens (tertiary/aromatic N) is 1. The van der Waals surface area contributed by atoms with Crippen molar-refractivity contribution in [3.63, 3.8) is 0 Å². The van der Waals surface area contributed by atoms with Gasteiger partial charge in [0.05, 0.1) is 0 Å². The van der Waals surface area contributed by atoms with Crippen LogP contribution in [0.3, 0.4) is 0 Å². The van der Waals surface area contributed by atoms with Crippen LogP contribution < -0.4 is 5.84 Å². The quantitative estimate of drug-likeness (QED) is 0.435. The van der Waals surface area contributed by atoms with Gasteiger partial charge in [-0.2, -0.15) is 0 Å². The molecule has 2 heteroatoms. The van der Waals surface area contributed by atoms with Gasteiger partial charge in [-0.25, -0.2) is 5.01 Å². The van der Waals surface area contributed by atoms with Crippen LogP contribution in [-0.4, -0.2) is 17.6 Å². The summed E-state index contributed by atoms with van der Waals surface area (Å²) >= 11 is 0. The molecule has 84 valence electrons. The first-order chi connectivity index (χ1) is 7.28. The molecule has 4 aliphatic carbocycles. The Kier molecular flexibility index (Phi) is 2.37. The SMILES string of the molecule is C=CCN(N)C1C2CC3CC(C2)CC1C3. The van der Waals surface area contributed by atoms with Gasteiger partial charge in [0.1, 0.15) is 0 Å². The smallest absolute Gasteiger partial charge is 0.0310 e. The fourth-order valence-corrected chi connectivity index (χ4v) is 4.71. The van der Waals surface area contributed by atoms with E-state index in [0.29, 0.717) is 6.04 Å². The van der Waals surface area contributed by atoms with Gasteiger partial charge in [-0.3, -0.25) is 5.84 Å². The van der Waals surface area contributed by atoms with E-state index in [1.54, 1.807) is 0 Å². The number of rotatable bonds is 3. The van der Waals surface area contributed by atoms with Gasteiger partial charge >= 0.3 is 0 Å². The van der Waals surface area contributed by atoms with E-state index in [-0.39, 0.29) is 0 Å². The van der Waals surface area contributed by atoms with E-state index in [9.17, 15) is 0 Å². The lowest BCUT2D eigenvalue weighted by atomic mass is 9.54. The normalized spacial score (nSPS) is 47.5. The van der Waals surface area contributed by atoms with Crippen LogP contribution in [0.2, 0.25) is 0 Å². The predicted molar refractivity (Wildman–Crippen MR) is 61.9 cm³/mol. The summed E-state index contributed by atoms with van der Waals surface area (Å²) < 4.78 is 0. The Hall–Kier alpha value is -0.340. The molecule has 0 saturated heterocycles. The maximum atomic E-state index is 6.17. The summed E-state index contributed by atoms with van der Waals surface area (Å²) in [6, 6.07) is 0.663. The van der Waals surface area contributed by atoms with E-state index in [0.717, 1.165) is 30.2 Å². The van der Waals surface area contributed by atoms with Gasteiger partial charge in [-0.05, 0) is 55.8 Å². The van der Waals surface area contributed by atoms with Crippen molar-refractivity contribution in [1.29, 1.82) is 0 Å². The van der Waals surface area contributed by atoms with Crippen molar-refractivity contribution >= 4 is 0 Å². The molecule has 0 aromatic carbocycles. The fourth-order valence-electron chi connectivity index (χ4n) is 4.71. The third-order valence-corrected chi connectivity index (χ3v) is 4.90. The average Bonchev–Trinajstić information content (AvgIpc) is 2.15. The molecule has 0 atom stereocenters. The highest BCUT2D eigenvalue weighted by atomic mass is 15.4. The monoisotopic (exact) mass is 206 g/mol. The molecule has 4 bridgehead atoms. The first kappa shape index (κ1) is 9.86. The molecule has 0 aliphatic heterocycles. The first-order valence-corrected chi connectivity index (χ1v) is 6.40. The lowest BCUT2D eigenvalue weighted by molar-refractivity contribution is -0.0625. The number of hydrazine groups is 1. The molecule has 0 spiro atoms. The lowest BCUT2D eigenvalue weighted by Gasteiger charge is -2.56. The largest absolute Gasteiger partial charge is 0.268 e. The van der Waals surface area contributed by atoms with Crippen molar-refractivity contribution < 1.29 is 0 Å². The molecule has 4 aliphatic rings. The van der Waals surface area contributed by atoms with Gasteiger partial charge in [-0.1, -0.05) is 6.08 Å². The highest BCUT2D eigenvalue weighted by molar-refractivity contribution is 5.01. The number of nitrogens with two attached hydrogens (primary N) is 1. The van der Waals surface area contributed by atoms with Crippen LogP contribution in [0.15, 0.2) is 12.7 Å². The highest BCUT2D eigenvalue weighted by Crippen LogP contribution is 2.54. The highest BCUT2D eigenvalue weighted by Gasteiger charge is 2.49. The zero-order valence-corrected chi connectivity index (χ0v) is 9.44. The second-order valence-electron chi connectivity index (χ2n) is 5.91. The van der Waals surface area contributed by atoms with Crippen LogP contribution in [0.5, 0.6) is 0 Å². The van der Waals surface area contributed by atoms with E-state index < -0.39 is 0 Å². The molecule has 2 N–H and O–H groups in total. The van der Waals surface area contributed by atoms with Gasteiger partial charge in [0.2, 0.25) is 0 Å². The molecule has 0 aromatic rings. The third kappa shape index (κ3) is 1.55. The molecular formula is C13H22N2. The van der Waals surface area contributed by atoms with Crippen molar-refractivity contribution in [2.24, 2.45) is 29.5 Å². The van der Waals surface area contributed by atoms with Crippen molar-refractivity contribution in [1.82, 2.24) is 5.01 Å². The summed E-state index contributed by atoms with van der Waals surface area (Å²) in [5.74, 6) is 10.0. The minimum atomic E-state index is 0.663. The van der Waals surface area contributed by atoms with Gasteiger partial charge in [0.15, 0.2) is 0 Å². The van der Waals surface area contributed by atoms with Crippen LogP contribution in [0.4, 0.5) is 0 Å². The summed E-state index contributed by atoms with van der Waals surface area (Å²) in [4.78, 5) is 0. The molecule has 4 fully saturated rings. The minimum absolute atomic E-state index is 0.663. The lowest BCUT2D eigenvalue weighted by Crippen LogP contribution is -2.58. The van der Waals surface area contributed by atoms with Crippen LogP contribution in [-0.2, 0) is 0 Å².